The summed E-state index contributed by atoms with van der Waals surface area (Å²) in [6.07, 6.45) is 0.196. The fourth-order valence-corrected chi connectivity index (χ4v) is 3.31. The number of carbonyl (C=O) groups excluding carboxylic acids is 1. The quantitative estimate of drug-likeness (QED) is 0.744. The summed E-state index contributed by atoms with van der Waals surface area (Å²) in [6.45, 7) is 8.50. The van der Waals surface area contributed by atoms with Gasteiger partial charge in [-0.2, -0.15) is 5.10 Å². The van der Waals surface area contributed by atoms with E-state index in [0.29, 0.717) is 31.6 Å². The van der Waals surface area contributed by atoms with Crippen molar-refractivity contribution in [3.05, 3.63) is 28.4 Å². The number of nitrogens with zero attached hydrogens (tertiary/aromatic N) is 3. The van der Waals surface area contributed by atoms with Gasteiger partial charge in [0.2, 0.25) is 0 Å². The van der Waals surface area contributed by atoms with Gasteiger partial charge in [0.05, 0.1) is 31.5 Å². The van der Waals surface area contributed by atoms with E-state index in [4.69, 9.17) is 9.47 Å². The number of carbonyl (C=O) groups is 1. The van der Waals surface area contributed by atoms with Gasteiger partial charge >= 0.3 is 5.97 Å². The first-order valence-electron chi connectivity index (χ1n) is 8.18. The zero-order valence-corrected chi connectivity index (χ0v) is 15.7. The Morgan fingerprint density at radius 2 is 2.25 bits per heavy atom. The molecular formula is C17H22BrN3O3. The molecule has 0 amide bonds. The Hall–Kier alpha value is -1.44. The standard InChI is InChI=1S/C17H22BrN3O3/c1-4-23-17(22)16-14-7-13(18)5-6-15(14)21(19-16)10-20-8-12(3)24-9-11(20)2/h5-7,11-12H,4,8-10H2,1-3H3/t11-,12-/m1/s1. The predicted molar refractivity (Wildman–Crippen MR) is 95.0 cm³/mol. The van der Waals surface area contributed by atoms with Gasteiger partial charge in [-0.15, -0.1) is 0 Å². The van der Waals surface area contributed by atoms with Crippen molar-refractivity contribution in [1.82, 2.24) is 14.7 Å². The third kappa shape index (κ3) is 3.48. The molecule has 1 fully saturated rings. The third-order valence-corrected chi connectivity index (χ3v) is 4.73. The molecule has 24 heavy (non-hydrogen) atoms. The predicted octanol–water partition coefficient (Wildman–Crippen LogP) is 3.04. The van der Waals surface area contributed by atoms with E-state index in [0.717, 1.165) is 21.9 Å². The highest BCUT2D eigenvalue weighted by molar-refractivity contribution is 9.10. The Balaban J connectivity index is 1.97. The molecule has 1 saturated heterocycles. The molecule has 1 aromatic heterocycles. The van der Waals surface area contributed by atoms with Crippen LogP contribution < -0.4 is 0 Å². The van der Waals surface area contributed by atoms with Gasteiger partial charge < -0.3 is 9.47 Å². The third-order valence-electron chi connectivity index (χ3n) is 4.23. The number of hydrogen-bond acceptors (Lipinski definition) is 5. The number of esters is 1. The second-order valence-corrected chi connectivity index (χ2v) is 7.05. The number of fused-ring (bicyclic) bond motifs is 1. The Morgan fingerprint density at radius 3 is 3.00 bits per heavy atom. The maximum atomic E-state index is 12.2. The molecule has 0 bridgehead atoms. The van der Waals surface area contributed by atoms with Crippen LogP contribution in [-0.2, 0) is 16.1 Å². The second kappa shape index (κ2) is 7.21. The molecule has 2 aromatic rings. The minimum absolute atomic E-state index is 0.196. The van der Waals surface area contributed by atoms with Gasteiger partial charge in [-0.1, -0.05) is 15.9 Å². The van der Waals surface area contributed by atoms with E-state index in [2.05, 4.69) is 39.8 Å². The summed E-state index contributed by atoms with van der Waals surface area (Å²) < 4.78 is 13.6. The minimum Gasteiger partial charge on any atom is -0.461 e. The van der Waals surface area contributed by atoms with Gasteiger partial charge in [-0.25, -0.2) is 9.48 Å². The SMILES string of the molecule is CCOC(=O)c1nn(CN2C[C@@H](C)OC[C@H]2C)c2ccc(Br)cc12. The summed E-state index contributed by atoms with van der Waals surface area (Å²) in [5, 5.41) is 5.34. The van der Waals surface area contributed by atoms with E-state index in [9.17, 15) is 4.79 Å². The van der Waals surface area contributed by atoms with E-state index in [1.165, 1.54) is 0 Å². The maximum absolute atomic E-state index is 12.2. The summed E-state index contributed by atoms with van der Waals surface area (Å²) in [5.41, 5.74) is 1.29. The first kappa shape index (κ1) is 17.4. The van der Waals surface area contributed by atoms with Gasteiger partial charge in [-0.05, 0) is 39.0 Å². The molecule has 0 spiro atoms. The van der Waals surface area contributed by atoms with Crippen LogP contribution in [0.4, 0.5) is 0 Å². The van der Waals surface area contributed by atoms with E-state index in [1.807, 2.05) is 22.9 Å². The average Bonchev–Trinajstić information content (AvgIpc) is 2.89. The molecule has 2 heterocycles. The van der Waals surface area contributed by atoms with Crippen molar-refractivity contribution in [3.63, 3.8) is 0 Å². The van der Waals surface area contributed by atoms with Crippen LogP contribution in [0.2, 0.25) is 0 Å². The van der Waals surface area contributed by atoms with Crippen LogP contribution >= 0.6 is 15.9 Å². The van der Waals surface area contributed by atoms with E-state index < -0.39 is 0 Å². The van der Waals surface area contributed by atoms with Crippen molar-refractivity contribution in [2.24, 2.45) is 0 Å². The van der Waals surface area contributed by atoms with Crippen molar-refractivity contribution in [2.45, 2.75) is 39.6 Å². The van der Waals surface area contributed by atoms with E-state index >= 15 is 0 Å². The van der Waals surface area contributed by atoms with Crippen LogP contribution in [0, 0.1) is 0 Å². The highest BCUT2D eigenvalue weighted by Crippen LogP contribution is 2.25. The molecule has 6 nitrogen and oxygen atoms in total. The number of benzene rings is 1. The van der Waals surface area contributed by atoms with Crippen molar-refractivity contribution >= 4 is 32.8 Å². The molecule has 0 saturated carbocycles. The van der Waals surface area contributed by atoms with Crippen LogP contribution in [0.5, 0.6) is 0 Å². The summed E-state index contributed by atoms with van der Waals surface area (Å²) in [6, 6.07) is 6.16. The molecule has 0 unspecified atom stereocenters. The normalized spacial score (nSPS) is 22.0. The minimum atomic E-state index is -0.386. The number of halogens is 1. The van der Waals surface area contributed by atoms with Gasteiger partial charge in [0.25, 0.3) is 0 Å². The number of hydrogen-bond donors (Lipinski definition) is 0. The number of ether oxygens (including phenoxy) is 2. The second-order valence-electron chi connectivity index (χ2n) is 6.14. The largest absolute Gasteiger partial charge is 0.461 e. The van der Waals surface area contributed by atoms with E-state index in [-0.39, 0.29) is 12.1 Å². The Bertz CT molecular complexity index is 746. The lowest BCUT2D eigenvalue weighted by Crippen LogP contribution is -2.47. The number of aromatic nitrogens is 2. The Labute approximate surface area is 149 Å². The monoisotopic (exact) mass is 395 g/mol. The van der Waals surface area contributed by atoms with Gasteiger partial charge in [0.1, 0.15) is 0 Å². The molecular weight excluding hydrogens is 374 g/mol. The van der Waals surface area contributed by atoms with Crippen molar-refractivity contribution in [1.29, 1.82) is 0 Å². The fraction of sp³-hybridized carbons (Fsp3) is 0.529. The molecule has 1 aromatic carbocycles. The molecule has 1 aliphatic rings. The Kier molecular flexibility index (Phi) is 5.22. The van der Waals surface area contributed by atoms with Crippen molar-refractivity contribution < 1.29 is 14.3 Å². The van der Waals surface area contributed by atoms with Crippen molar-refractivity contribution in [3.8, 4) is 0 Å². The molecule has 2 atom stereocenters. The van der Waals surface area contributed by atoms with Crippen LogP contribution in [-0.4, -0.2) is 52.6 Å². The van der Waals surface area contributed by atoms with Gasteiger partial charge in [0.15, 0.2) is 5.69 Å². The average molecular weight is 396 g/mol. The summed E-state index contributed by atoms with van der Waals surface area (Å²) >= 11 is 3.46. The highest BCUT2D eigenvalue weighted by atomic mass is 79.9. The van der Waals surface area contributed by atoms with Crippen LogP contribution in [0.25, 0.3) is 10.9 Å². The van der Waals surface area contributed by atoms with E-state index in [1.54, 1.807) is 6.92 Å². The molecule has 7 heteroatoms. The Morgan fingerprint density at radius 1 is 1.46 bits per heavy atom. The first-order chi connectivity index (χ1) is 11.5. The van der Waals surface area contributed by atoms with Gasteiger partial charge in [-0.3, -0.25) is 4.90 Å². The summed E-state index contributed by atoms with van der Waals surface area (Å²) in [7, 11) is 0. The number of rotatable bonds is 4. The maximum Gasteiger partial charge on any atom is 0.359 e. The molecule has 0 aliphatic carbocycles. The zero-order valence-electron chi connectivity index (χ0n) is 14.2. The van der Waals surface area contributed by atoms with Crippen LogP contribution in [0.3, 0.4) is 0 Å². The van der Waals surface area contributed by atoms with Crippen LogP contribution in [0.15, 0.2) is 22.7 Å². The number of morpholine rings is 1. The molecule has 130 valence electrons. The summed E-state index contributed by atoms with van der Waals surface area (Å²) in [5.74, 6) is -0.386. The lowest BCUT2D eigenvalue weighted by molar-refractivity contribution is -0.0617. The topological polar surface area (TPSA) is 56.6 Å². The van der Waals surface area contributed by atoms with Gasteiger partial charge in [0, 0.05) is 22.4 Å². The van der Waals surface area contributed by atoms with Crippen LogP contribution in [0.1, 0.15) is 31.3 Å². The zero-order chi connectivity index (χ0) is 17.3. The van der Waals surface area contributed by atoms with Crippen molar-refractivity contribution in [2.75, 3.05) is 19.8 Å². The molecule has 3 rings (SSSR count). The smallest absolute Gasteiger partial charge is 0.359 e. The highest BCUT2D eigenvalue weighted by Gasteiger charge is 2.25. The first-order valence-corrected chi connectivity index (χ1v) is 8.97. The lowest BCUT2D eigenvalue weighted by Gasteiger charge is -2.36. The lowest BCUT2D eigenvalue weighted by atomic mass is 10.2. The molecule has 1 aliphatic heterocycles. The molecule has 0 radical (unpaired) electrons. The fourth-order valence-electron chi connectivity index (χ4n) is 2.95. The summed E-state index contributed by atoms with van der Waals surface area (Å²) in [4.78, 5) is 14.6. The molecule has 0 N–H and O–H groups in total.